The molecule has 1 saturated heterocycles. The molecule has 2 N–H and O–H groups in total. The number of nitrogens with zero attached hydrogens (tertiary/aromatic N) is 1. The first-order valence-electron chi connectivity index (χ1n) is 8.04. The summed E-state index contributed by atoms with van der Waals surface area (Å²) in [6.07, 6.45) is 1.12. The van der Waals surface area contributed by atoms with Crippen molar-refractivity contribution in [1.29, 1.82) is 0 Å². The fourth-order valence-corrected chi connectivity index (χ4v) is 3.49. The van der Waals surface area contributed by atoms with Gasteiger partial charge in [0.25, 0.3) is 0 Å². The van der Waals surface area contributed by atoms with Gasteiger partial charge in [-0.25, -0.2) is 17.5 Å². The van der Waals surface area contributed by atoms with Gasteiger partial charge >= 0.3 is 0 Å². The zero-order valence-corrected chi connectivity index (χ0v) is 14.2. The maximum atomic E-state index is 12.9. The summed E-state index contributed by atoms with van der Waals surface area (Å²) in [6, 6.07) is 6.00. The highest BCUT2D eigenvalue weighted by Crippen LogP contribution is 2.30. The molecule has 5 nitrogen and oxygen atoms in total. The van der Waals surface area contributed by atoms with E-state index in [2.05, 4.69) is 9.62 Å². The maximum Gasteiger partial charge on any atom is 0.211 e. The van der Waals surface area contributed by atoms with Gasteiger partial charge in [0.15, 0.2) is 0 Å². The summed E-state index contributed by atoms with van der Waals surface area (Å²) in [5.74, 6) is -0.0480. The fraction of sp³-hybridized carbons (Fsp3) is 0.625. The van der Waals surface area contributed by atoms with Gasteiger partial charge in [0.1, 0.15) is 5.82 Å². The molecule has 1 aromatic rings. The van der Waals surface area contributed by atoms with Gasteiger partial charge in [0, 0.05) is 13.1 Å². The normalized spacial score (nSPS) is 18.9. The summed E-state index contributed by atoms with van der Waals surface area (Å²) in [4.78, 5) is 2.20. The van der Waals surface area contributed by atoms with Crippen molar-refractivity contribution in [3.8, 4) is 0 Å². The van der Waals surface area contributed by atoms with E-state index in [-0.39, 0.29) is 17.5 Å². The fourth-order valence-electron chi connectivity index (χ4n) is 2.89. The van der Waals surface area contributed by atoms with Crippen LogP contribution in [-0.4, -0.2) is 50.4 Å². The molecule has 23 heavy (non-hydrogen) atoms. The van der Waals surface area contributed by atoms with Gasteiger partial charge in [-0.05, 0) is 56.5 Å². The molecule has 7 heteroatoms. The highest BCUT2D eigenvalue weighted by molar-refractivity contribution is 7.89. The van der Waals surface area contributed by atoms with Crippen molar-refractivity contribution in [2.24, 2.45) is 5.92 Å². The van der Waals surface area contributed by atoms with Crippen molar-refractivity contribution in [1.82, 2.24) is 9.62 Å². The van der Waals surface area contributed by atoms with Gasteiger partial charge in [-0.1, -0.05) is 12.1 Å². The van der Waals surface area contributed by atoms with E-state index < -0.39 is 16.1 Å². The number of halogens is 1. The smallest absolute Gasteiger partial charge is 0.211 e. The third-order valence-corrected chi connectivity index (χ3v) is 5.82. The van der Waals surface area contributed by atoms with Crippen molar-refractivity contribution in [3.63, 3.8) is 0 Å². The van der Waals surface area contributed by atoms with E-state index in [0.717, 1.165) is 31.5 Å². The molecule has 1 aliphatic heterocycles. The van der Waals surface area contributed by atoms with Crippen molar-refractivity contribution in [2.75, 3.05) is 31.9 Å². The van der Waals surface area contributed by atoms with E-state index >= 15 is 0 Å². The second kappa shape index (κ2) is 8.19. The molecule has 1 aliphatic rings. The van der Waals surface area contributed by atoms with Crippen molar-refractivity contribution in [3.05, 3.63) is 35.6 Å². The van der Waals surface area contributed by atoms with Crippen molar-refractivity contribution >= 4 is 10.0 Å². The quantitative estimate of drug-likeness (QED) is 0.787. The first-order chi connectivity index (χ1) is 10.9. The predicted molar refractivity (Wildman–Crippen MR) is 88.0 cm³/mol. The molecule has 0 amide bonds. The number of aliphatic hydroxyl groups excluding tert-OH is 1. The van der Waals surface area contributed by atoms with Crippen LogP contribution < -0.4 is 4.72 Å². The molecule has 0 radical (unpaired) electrons. The molecule has 130 valence electrons. The van der Waals surface area contributed by atoms with Crippen LogP contribution in [0.4, 0.5) is 4.39 Å². The maximum absolute atomic E-state index is 12.9. The number of piperidine rings is 1. The zero-order chi connectivity index (χ0) is 16.9. The number of nitrogens with one attached hydrogen (secondary N) is 1. The monoisotopic (exact) mass is 344 g/mol. The van der Waals surface area contributed by atoms with Crippen LogP contribution in [0.5, 0.6) is 0 Å². The molecule has 0 aromatic heterocycles. The van der Waals surface area contributed by atoms with Gasteiger partial charge in [-0.15, -0.1) is 0 Å². The van der Waals surface area contributed by atoms with Gasteiger partial charge in [-0.3, -0.25) is 0 Å². The molecular formula is C16H25FN2O3S. The van der Waals surface area contributed by atoms with E-state index in [0.29, 0.717) is 13.1 Å². The summed E-state index contributed by atoms with van der Waals surface area (Å²) in [7, 11) is -3.13. The molecule has 0 spiro atoms. The molecule has 0 aliphatic carbocycles. The lowest BCUT2D eigenvalue weighted by molar-refractivity contribution is 0.0595. The number of benzene rings is 1. The second-order valence-electron chi connectivity index (χ2n) is 5.97. The summed E-state index contributed by atoms with van der Waals surface area (Å²) < 4.78 is 38.2. The average molecular weight is 344 g/mol. The van der Waals surface area contributed by atoms with Crippen LogP contribution in [0.25, 0.3) is 0 Å². The number of hydrogen-bond donors (Lipinski definition) is 2. The molecule has 0 bridgehead atoms. The second-order valence-corrected chi connectivity index (χ2v) is 8.07. The van der Waals surface area contributed by atoms with Crippen LogP contribution in [0.3, 0.4) is 0 Å². The minimum absolute atomic E-state index is 0.0962. The lowest BCUT2D eigenvalue weighted by atomic mass is 9.87. The van der Waals surface area contributed by atoms with Gasteiger partial charge in [0.05, 0.1) is 11.9 Å². The first-order valence-corrected chi connectivity index (χ1v) is 9.69. The molecule has 1 atom stereocenters. The Morgan fingerprint density at radius 2 is 1.91 bits per heavy atom. The van der Waals surface area contributed by atoms with E-state index in [1.807, 2.05) is 0 Å². The molecule has 1 heterocycles. The number of rotatable bonds is 7. The minimum Gasteiger partial charge on any atom is -0.388 e. The Balaban J connectivity index is 1.76. The minimum atomic E-state index is -3.13. The summed E-state index contributed by atoms with van der Waals surface area (Å²) in [5, 5.41) is 10.4. The van der Waals surface area contributed by atoms with Crippen molar-refractivity contribution < 1.29 is 17.9 Å². The Bertz CT molecular complexity index is 584. The van der Waals surface area contributed by atoms with Crippen LogP contribution in [0.15, 0.2) is 24.3 Å². The highest BCUT2D eigenvalue weighted by Gasteiger charge is 2.26. The Labute approximate surface area is 137 Å². The average Bonchev–Trinajstić information content (AvgIpc) is 2.55. The molecule has 1 fully saturated rings. The lowest BCUT2D eigenvalue weighted by Gasteiger charge is -2.34. The summed E-state index contributed by atoms with van der Waals surface area (Å²) in [6.45, 7) is 4.37. The van der Waals surface area contributed by atoms with Crippen LogP contribution in [-0.2, 0) is 10.0 Å². The number of aliphatic hydroxyl groups is 1. The van der Waals surface area contributed by atoms with Crippen LogP contribution in [0.1, 0.15) is 31.4 Å². The zero-order valence-electron chi connectivity index (χ0n) is 13.4. The van der Waals surface area contributed by atoms with E-state index in [9.17, 15) is 17.9 Å². The molecule has 2 rings (SSSR count). The van der Waals surface area contributed by atoms with E-state index in [4.69, 9.17) is 0 Å². The number of likely N-dealkylation sites (tertiary alicyclic amines) is 1. The third kappa shape index (κ3) is 5.53. The van der Waals surface area contributed by atoms with Gasteiger partial charge in [0.2, 0.25) is 10.0 Å². The molecule has 0 saturated carbocycles. The standard InChI is InChI=1S/C16H25FN2O3S/c1-2-23(21,22)18-9-12-19-10-7-14(8-11-19)16(20)13-3-5-15(17)6-4-13/h3-6,14,16,18,20H,2,7-12H2,1H3. The molecular weight excluding hydrogens is 319 g/mol. The van der Waals surface area contributed by atoms with Gasteiger partial charge in [-0.2, -0.15) is 0 Å². The van der Waals surface area contributed by atoms with Crippen LogP contribution >= 0.6 is 0 Å². The largest absolute Gasteiger partial charge is 0.388 e. The highest BCUT2D eigenvalue weighted by atomic mass is 32.2. The number of sulfonamides is 1. The topological polar surface area (TPSA) is 69.6 Å². The summed E-state index contributed by atoms with van der Waals surface area (Å²) in [5.41, 5.74) is 0.751. The molecule has 1 aromatic carbocycles. The van der Waals surface area contributed by atoms with Crippen LogP contribution in [0.2, 0.25) is 0 Å². The van der Waals surface area contributed by atoms with Crippen molar-refractivity contribution in [2.45, 2.75) is 25.9 Å². The Morgan fingerprint density at radius 3 is 2.48 bits per heavy atom. The Morgan fingerprint density at radius 1 is 1.30 bits per heavy atom. The SMILES string of the molecule is CCS(=O)(=O)NCCN1CCC(C(O)c2ccc(F)cc2)CC1. The Hall–Kier alpha value is -1.02. The number of hydrogen-bond acceptors (Lipinski definition) is 4. The van der Waals surface area contributed by atoms with E-state index in [1.165, 1.54) is 12.1 Å². The molecule has 1 unspecified atom stereocenters. The summed E-state index contributed by atoms with van der Waals surface area (Å²) >= 11 is 0. The van der Waals surface area contributed by atoms with Crippen LogP contribution in [0, 0.1) is 11.7 Å². The predicted octanol–water partition coefficient (Wildman–Crippen LogP) is 1.51. The Kier molecular flexibility index (Phi) is 6.52. The third-order valence-electron chi connectivity index (χ3n) is 4.42. The first kappa shape index (κ1) is 18.3. The van der Waals surface area contributed by atoms with Gasteiger partial charge < -0.3 is 10.0 Å². The van der Waals surface area contributed by atoms with E-state index in [1.54, 1.807) is 19.1 Å². The lowest BCUT2D eigenvalue weighted by Crippen LogP contribution is -2.40.